The molecule has 0 spiro atoms. The summed E-state index contributed by atoms with van der Waals surface area (Å²) >= 11 is 0. The van der Waals surface area contributed by atoms with Crippen LogP contribution in [0.5, 0.6) is 0 Å². The Labute approximate surface area is 85.4 Å². The molecule has 0 radical (unpaired) electrons. The van der Waals surface area contributed by atoms with E-state index in [0.29, 0.717) is 19.6 Å². The fourth-order valence-electron chi connectivity index (χ4n) is 0.863. The average Bonchev–Trinajstić information content (AvgIpc) is 2.21. The Bertz CT molecular complexity index is 217. The topological polar surface area (TPSA) is 35.5 Å². The minimum absolute atomic E-state index is 0.226. The fourth-order valence-corrected chi connectivity index (χ4v) is 0.863. The smallest absolute Gasteiger partial charge is 0.308 e. The van der Waals surface area contributed by atoms with Gasteiger partial charge in [-0.05, 0) is 19.4 Å². The molecule has 0 aromatic rings. The van der Waals surface area contributed by atoms with Crippen LogP contribution in [0.1, 0.15) is 20.3 Å². The Morgan fingerprint density at radius 2 is 2.07 bits per heavy atom. The fraction of sp³-hybridized carbons (Fsp3) is 0.545. The van der Waals surface area contributed by atoms with Gasteiger partial charge in [-0.2, -0.15) is 0 Å². The van der Waals surface area contributed by atoms with E-state index >= 15 is 0 Å². The summed E-state index contributed by atoms with van der Waals surface area (Å²) in [6.45, 7) is 4.59. The molecule has 0 aliphatic rings. The first-order valence-electron chi connectivity index (χ1n) is 4.67. The third kappa shape index (κ3) is 6.43. The summed E-state index contributed by atoms with van der Waals surface area (Å²) in [6, 6.07) is 0. The van der Waals surface area contributed by atoms with Gasteiger partial charge in [0.2, 0.25) is 0 Å². The lowest BCUT2D eigenvalue weighted by Crippen LogP contribution is -2.09. The second-order valence-electron chi connectivity index (χ2n) is 2.77. The highest BCUT2D eigenvalue weighted by Gasteiger charge is 2.02. The zero-order valence-corrected chi connectivity index (χ0v) is 9.08. The Hall–Kier alpha value is -1.09. The molecule has 0 saturated carbocycles. The third-order valence-electron chi connectivity index (χ3n) is 1.66. The monoisotopic (exact) mass is 198 g/mol. The van der Waals surface area contributed by atoms with Gasteiger partial charge >= 0.3 is 5.97 Å². The van der Waals surface area contributed by atoms with Crippen LogP contribution in [0.25, 0.3) is 0 Å². The minimum Gasteiger partial charge on any atom is -0.461 e. The molecule has 0 amide bonds. The standard InChI is InChI=1S/C11H18O3/c1-4-6-10(5-2)9-14-11(12)7-8-13-3/h4-6H,7-9H2,1-3H3/b6-4-,10-5+. The highest BCUT2D eigenvalue weighted by atomic mass is 16.5. The second-order valence-corrected chi connectivity index (χ2v) is 2.77. The molecule has 0 saturated heterocycles. The molecular formula is C11H18O3. The Morgan fingerprint density at radius 1 is 1.36 bits per heavy atom. The van der Waals surface area contributed by atoms with Crippen molar-refractivity contribution in [1.82, 2.24) is 0 Å². The highest BCUT2D eigenvalue weighted by molar-refractivity contribution is 5.69. The number of esters is 1. The van der Waals surface area contributed by atoms with Crippen LogP contribution in [-0.4, -0.2) is 26.3 Å². The van der Waals surface area contributed by atoms with Crippen LogP contribution in [0.4, 0.5) is 0 Å². The number of ether oxygens (including phenoxy) is 2. The summed E-state index contributed by atoms with van der Waals surface area (Å²) in [6.07, 6.45) is 6.06. The predicted molar refractivity (Wildman–Crippen MR) is 56.0 cm³/mol. The summed E-state index contributed by atoms with van der Waals surface area (Å²) in [5, 5.41) is 0. The van der Waals surface area contributed by atoms with Crippen LogP contribution in [0, 0.1) is 0 Å². The number of methoxy groups -OCH3 is 1. The van der Waals surface area contributed by atoms with Crippen molar-refractivity contribution in [2.24, 2.45) is 0 Å². The summed E-state index contributed by atoms with van der Waals surface area (Å²) in [5.74, 6) is -0.226. The molecule has 0 atom stereocenters. The van der Waals surface area contributed by atoms with Crippen molar-refractivity contribution in [3.8, 4) is 0 Å². The zero-order chi connectivity index (χ0) is 10.8. The van der Waals surface area contributed by atoms with E-state index < -0.39 is 0 Å². The van der Waals surface area contributed by atoms with Crippen molar-refractivity contribution in [3.63, 3.8) is 0 Å². The molecule has 14 heavy (non-hydrogen) atoms. The summed E-state index contributed by atoms with van der Waals surface area (Å²) in [7, 11) is 1.56. The van der Waals surface area contributed by atoms with E-state index in [9.17, 15) is 4.79 Å². The highest BCUT2D eigenvalue weighted by Crippen LogP contribution is 1.99. The molecular weight excluding hydrogens is 180 g/mol. The quantitative estimate of drug-likeness (QED) is 0.484. The maximum atomic E-state index is 11.1. The van der Waals surface area contributed by atoms with Crippen LogP contribution in [0.15, 0.2) is 23.8 Å². The number of rotatable bonds is 6. The minimum atomic E-state index is -0.226. The van der Waals surface area contributed by atoms with E-state index in [2.05, 4.69) is 0 Å². The van der Waals surface area contributed by atoms with Gasteiger partial charge in [0.05, 0.1) is 13.0 Å². The van der Waals surface area contributed by atoms with E-state index in [0.717, 1.165) is 5.57 Å². The lowest BCUT2D eigenvalue weighted by Gasteiger charge is -2.04. The average molecular weight is 198 g/mol. The van der Waals surface area contributed by atoms with Gasteiger partial charge in [0, 0.05) is 7.11 Å². The molecule has 0 heterocycles. The molecule has 80 valence electrons. The lowest BCUT2D eigenvalue weighted by molar-refractivity contribution is -0.143. The number of hydrogen-bond donors (Lipinski definition) is 0. The van der Waals surface area contributed by atoms with Crippen molar-refractivity contribution < 1.29 is 14.3 Å². The van der Waals surface area contributed by atoms with Crippen molar-refractivity contribution >= 4 is 5.97 Å². The molecule has 0 rings (SSSR count). The van der Waals surface area contributed by atoms with E-state index in [-0.39, 0.29) is 5.97 Å². The van der Waals surface area contributed by atoms with E-state index in [1.807, 2.05) is 32.1 Å². The van der Waals surface area contributed by atoms with E-state index in [1.54, 1.807) is 7.11 Å². The van der Waals surface area contributed by atoms with Crippen molar-refractivity contribution in [1.29, 1.82) is 0 Å². The van der Waals surface area contributed by atoms with Crippen LogP contribution in [0.3, 0.4) is 0 Å². The number of hydrogen-bond acceptors (Lipinski definition) is 3. The van der Waals surface area contributed by atoms with E-state index in [4.69, 9.17) is 9.47 Å². The largest absolute Gasteiger partial charge is 0.461 e. The summed E-state index contributed by atoms with van der Waals surface area (Å²) in [5.41, 5.74) is 0.998. The summed E-state index contributed by atoms with van der Waals surface area (Å²) < 4.78 is 9.77. The van der Waals surface area contributed by atoms with Gasteiger partial charge in [0.15, 0.2) is 0 Å². The molecule has 0 N–H and O–H groups in total. The molecule has 3 nitrogen and oxygen atoms in total. The first-order chi connectivity index (χ1) is 6.74. The van der Waals surface area contributed by atoms with Gasteiger partial charge in [-0.3, -0.25) is 4.79 Å². The molecule has 0 fully saturated rings. The van der Waals surface area contributed by atoms with Crippen LogP contribution in [0.2, 0.25) is 0 Å². The lowest BCUT2D eigenvalue weighted by atomic mass is 10.2. The molecule has 0 aliphatic heterocycles. The maximum absolute atomic E-state index is 11.1. The van der Waals surface area contributed by atoms with Crippen molar-refractivity contribution in [2.45, 2.75) is 20.3 Å². The Morgan fingerprint density at radius 3 is 2.57 bits per heavy atom. The van der Waals surface area contributed by atoms with Gasteiger partial charge in [0.25, 0.3) is 0 Å². The van der Waals surface area contributed by atoms with Gasteiger partial charge in [-0.25, -0.2) is 0 Å². The Balaban J connectivity index is 3.75. The predicted octanol–water partition coefficient (Wildman–Crippen LogP) is 2.09. The molecule has 3 heteroatoms. The van der Waals surface area contributed by atoms with Crippen LogP contribution >= 0.6 is 0 Å². The number of carbonyl (C=O) groups is 1. The molecule has 0 bridgehead atoms. The molecule has 0 aromatic heterocycles. The van der Waals surface area contributed by atoms with Crippen LogP contribution in [-0.2, 0) is 14.3 Å². The third-order valence-corrected chi connectivity index (χ3v) is 1.66. The van der Waals surface area contributed by atoms with Gasteiger partial charge < -0.3 is 9.47 Å². The molecule has 0 aromatic carbocycles. The van der Waals surface area contributed by atoms with Crippen molar-refractivity contribution in [3.05, 3.63) is 23.8 Å². The molecule has 0 aliphatic carbocycles. The summed E-state index contributed by atoms with van der Waals surface area (Å²) in [4.78, 5) is 11.1. The molecule has 0 unspecified atom stereocenters. The first kappa shape index (κ1) is 12.9. The number of carbonyl (C=O) groups excluding carboxylic acids is 1. The maximum Gasteiger partial charge on any atom is 0.308 e. The number of allylic oxidation sites excluding steroid dienone is 2. The van der Waals surface area contributed by atoms with Crippen molar-refractivity contribution in [2.75, 3.05) is 20.3 Å². The van der Waals surface area contributed by atoms with Gasteiger partial charge in [-0.15, -0.1) is 0 Å². The second kappa shape index (κ2) is 8.51. The van der Waals surface area contributed by atoms with E-state index in [1.165, 1.54) is 0 Å². The Kier molecular flexibility index (Phi) is 7.84. The zero-order valence-electron chi connectivity index (χ0n) is 9.08. The van der Waals surface area contributed by atoms with Gasteiger partial charge in [-0.1, -0.05) is 18.2 Å². The van der Waals surface area contributed by atoms with Crippen LogP contribution < -0.4 is 0 Å². The normalized spacial score (nSPS) is 12.1. The van der Waals surface area contributed by atoms with Gasteiger partial charge in [0.1, 0.15) is 6.61 Å². The first-order valence-corrected chi connectivity index (χ1v) is 4.67. The SMILES string of the molecule is C/C=C\C(=C/C)COC(=O)CCOC.